The highest BCUT2D eigenvalue weighted by atomic mass is 16.5. The fourth-order valence-corrected chi connectivity index (χ4v) is 2.71. The van der Waals surface area contributed by atoms with Gasteiger partial charge in [-0.1, -0.05) is 13.0 Å². The summed E-state index contributed by atoms with van der Waals surface area (Å²) in [5, 5.41) is 0. The van der Waals surface area contributed by atoms with Gasteiger partial charge in [0.15, 0.2) is 0 Å². The molecule has 1 aromatic carbocycles. The number of ether oxygens (including phenoxy) is 1. The van der Waals surface area contributed by atoms with E-state index in [9.17, 15) is 4.79 Å². The molecule has 3 rings (SSSR count). The molecule has 0 saturated carbocycles. The molecule has 1 saturated heterocycles. The van der Waals surface area contributed by atoms with Gasteiger partial charge in [-0.2, -0.15) is 0 Å². The predicted molar refractivity (Wildman–Crippen MR) is 66.6 cm³/mol. The van der Waals surface area contributed by atoms with Crippen molar-refractivity contribution in [3.8, 4) is 5.75 Å². The Labute approximate surface area is 101 Å². The lowest BCUT2D eigenvalue weighted by Crippen LogP contribution is -2.21. The Balaban J connectivity index is 1.94. The van der Waals surface area contributed by atoms with Crippen molar-refractivity contribution in [2.45, 2.75) is 32.1 Å². The number of fused-ring (bicyclic) bond motifs is 1. The van der Waals surface area contributed by atoms with Crippen LogP contribution in [0.1, 0.15) is 37.7 Å². The Morgan fingerprint density at radius 1 is 1.29 bits per heavy atom. The number of anilines is 1. The van der Waals surface area contributed by atoms with Crippen molar-refractivity contribution in [3.05, 3.63) is 23.8 Å². The first-order valence-corrected chi connectivity index (χ1v) is 6.33. The van der Waals surface area contributed by atoms with Crippen molar-refractivity contribution in [2.24, 2.45) is 0 Å². The monoisotopic (exact) mass is 231 g/mol. The maximum Gasteiger partial charge on any atom is 0.311 e. The number of rotatable bonds is 1. The molecule has 0 amide bonds. The van der Waals surface area contributed by atoms with Crippen LogP contribution in [0.5, 0.6) is 5.75 Å². The first-order valence-electron chi connectivity index (χ1n) is 6.33. The van der Waals surface area contributed by atoms with E-state index in [1.165, 1.54) is 18.5 Å². The Morgan fingerprint density at radius 3 is 2.82 bits per heavy atom. The normalized spacial score (nSPS) is 23.5. The summed E-state index contributed by atoms with van der Waals surface area (Å²) in [6, 6.07) is 6.29. The third-order valence-electron chi connectivity index (χ3n) is 3.70. The standard InChI is InChI=1S/C14H17NO2/c1-10-8-14(16)17-13-9-11(4-5-12(10)13)15-6-2-3-7-15/h4-5,9-10H,2-3,6-8H2,1H3. The molecule has 17 heavy (non-hydrogen) atoms. The van der Waals surface area contributed by atoms with E-state index in [0.29, 0.717) is 6.42 Å². The van der Waals surface area contributed by atoms with Crippen LogP contribution < -0.4 is 9.64 Å². The third-order valence-corrected chi connectivity index (χ3v) is 3.70. The van der Waals surface area contributed by atoms with Gasteiger partial charge >= 0.3 is 5.97 Å². The Bertz CT molecular complexity index is 450. The van der Waals surface area contributed by atoms with E-state index in [0.717, 1.165) is 24.4 Å². The lowest BCUT2D eigenvalue weighted by atomic mass is 9.94. The molecular formula is C14H17NO2. The Hall–Kier alpha value is -1.51. The van der Waals surface area contributed by atoms with Crippen LogP contribution in [0.4, 0.5) is 5.69 Å². The molecule has 0 radical (unpaired) electrons. The van der Waals surface area contributed by atoms with Gasteiger partial charge in [0.2, 0.25) is 0 Å². The molecule has 1 atom stereocenters. The van der Waals surface area contributed by atoms with Crippen LogP contribution in [-0.4, -0.2) is 19.1 Å². The molecule has 2 aliphatic rings. The van der Waals surface area contributed by atoms with Crippen molar-refractivity contribution in [1.29, 1.82) is 0 Å². The lowest BCUT2D eigenvalue weighted by Gasteiger charge is -2.24. The molecule has 0 N–H and O–H groups in total. The smallest absolute Gasteiger partial charge is 0.311 e. The van der Waals surface area contributed by atoms with E-state index in [1.54, 1.807) is 0 Å². The van der Waals surface area contributed by atoms with Gasteiger partial charge in [0.25, 0.3) is 0 Å². The van der Waals surface area contributed by atoms with Gasteiger partial charge in [-0.05, 0) is 30.4 Å². The van der Waals surface area contributed by atoms with Crippen LogP contribution in [0.2, 0.25) is 0 Å². The van der Waals surface area contributed by atoms with Crippen molar-refractivity contribution in [2.75, 3.05) is 18.0 Å². The van der Waals surface area contributed by atoms with Gasteiger partial charge in [0.1, 0.15) is 5.75 Å². The topological polar surface area (TPSA) is 29.5 Å². The maximum absolute atomic E-state index is 11.4. The molecule has 0 aliphatic carbocycles. The molecule has 90 valence electrons. The second-order valence-corrected chi connectivity index (χ2v) is 5.00. The number of carbonyl (C=O) groups excluding carboxylic acids is 1. The third kappa shape index (κ3) is 1.90. The van der Waals surface area contributed by atoms with E-state index in [-0.39, 0.29) is 11.9 Å². The molecule has 2 aliphatic heterocycles. The van der Waals surface area contributed by atoms with E-state index >= 15 is 0 Å². The summed E-state index contributed by atoms with van der Waals surface area (Å²) < 4.78 is 5.34. The quantitative estimate of drug-likeness (QED) is 0.549. The summed E-state index contributed by atoms with van der Waals surface area (Å²) in [7, 11) is 0. The molecule has 3 nitrogen and oxygen atoms in total. The molecule has 1 fully saturated rings. The Kier molecular flexibility index (Phi) is 2.54. The van der Waals surface area contributed by atoms with E-state index < -0.39 is 0 Å². The minimum absolute atomic E-state index is 0.108. The lowest BCUT2D eigenvalue weighted by molar-refractivity contribution is -0.135. The second kappa shape index (κ2) is 4.06. The zero-order chi connectivity index (χ0) is 11.8. The predicted octanol–water partition coefficient (Wildman–Crippen LogP) is 2.70. The maximum atomic E-state index is 11.4. The van der Waals surface area contributed by atoms with Gasteiger partial charge < -0.3 is 9.64 Å². The van der Waals surface area contributed by atoms with Crippen LogP contribution in [0.3, 0.4) is 0 Å². The highest BCUT2D eigenvalue weighted by Gasteiger charge is 2.24. The molecule has 2 heterocycles. The van der Waals surface area contributed by atoms with Gasteiger partial charge in [0, 0.05) is 24.8 Å². The van der Waals surface area contributed by atoms with Crippen LogP contribution in [-0.2, 0) is 4.79 Å². The van der Waals surface area contributed by atoms with Gasteiger partial charge in [0.05, 0.1) is 6.42 Å². The number of esters is 1. The van der Waals surface area contributed by atoms with Crippen LogP contribution in [0.25, 0.3) is 0 Å². The summed E-state index contributed by atoms with van der Waals surface area (Å²) in [5.41, 5.74) is 2.34. The molecule has 3 heteroatoms. The number of hydrogen-bond donors (Lipinski definition) is 0. The van der Waals surface area contributed by atoms with Gasteiger partial charge in [-0.15, -0.1) is 0 Å². The minimum Gasteiger partial charge on any atom is -0.426 e. The van der Waals surface area contributed by atoms with E-state index in [2.05, 4.69) is 24.0 Å². The molecule has 0 bridgehead atoms. The first-order chi connectivity index (χ1) is 8.24. The fourth-order valence-electron chi connectivity index (χ4n) is 2.71. The number of hydrogen-bond acceptors (Lipinski definition) is 3. The zero-order valence-corrected chi connectivity index (χ0v) is 10.1. The second-order valence-electron chi connectivity index (χ2n) is 5.00. The molecule has 1 unspecified atom stereocenters. The van der Waals surface area contributed by atoms with Crippen LogP contribution in [0.15, 0.2) is 18.2 Å². The zero-order valence-electron chi connectivity index (χ0n) is 10.1. The molecule has 1 aromatic rings. The summed E-state index contributed by atoms with van der Waals surface area (Å²) in [6.07, 6.45) is 3.01. The molecular weight excluding hydrogens is 214 g/mol. The SMILES string of the molecule is CC1CC(=O)Oc2cc(N3CCCC3)ccc21. The number of nitrogens with zero attached hydrogens (tertiary/aromatic N) is 1. The average molecular weight is 231 g/mol. The van der Waals surface area contributed by atoms with Crippen molar-refractivity contribution in [1.82, 2.24) is 0 Å². The molecule has 0 spiro atoms. The Morgan fingerprint density at radius 2 is 2.06 bits per heavy atom. The van der Waals surface area contributed by atoms with Crippen molar-refractivity contribution >= 4 is 11.7 Å². The van der Waals surface area contributed by atoms with E-state index in [4.69, 9.17) is 4.74 Å². The highest BCUT2D eigenvalue weighted by Crippen LogP contribution is 2.37. The first kappa shape index (κ1) is 10.6. The minimum atomic E-state index is -0.108. The number of carbonyl (C=O) groups is 1. The van der Waals surface area contributed by atoms with Crippen LogP contribution >= 0.6 is 0 Å². The van der Waals surface area contributed by atoms with Crippen LogP contribution in [0, 0.1) is 0 Å². The fraction of sp³-hybridized carbons (Fsp3) is 0.500. The molecule has 0 aromatic heterocycles. The summed E-state index contributed by atoms with van der Waals surface area (Å²) in [5.74, 6) is 0.931. The average Bonchev–Trinajstić information content (AvgIpc) is 2.81. The van der Waals surface area contributed by atoms with Gasteiger partial charge in [-0.25, -0.2) is 0 Å². The summed E-state index contributed by atoms with van der Waals surface area (Å²) in [4.78, 5) is 13.8. The summed E-state index contributed by atoms with van der Waals surface area (Å²) in [6.45, 7) is 4.30. The van der Waals surface area contributed by atoms with Crippen molar-refractivity contribution < 1.29 is 9.53 Å². The van der Waals surface area contributed by atoms with E-state index in [1.807, 2.05) is 6.07 Å². The summed E-state index contributed by atoms with van der Waals surface area (Å²) >= 11 is 0. The highest BCUT2D eigenvalue weighted by molar-refractivity contribution is 5.77. The van der Waals surface area contributed by atoms with Gasteiger partial charge in [-0.3, -0.25) is 4.79 Å². The van der Waals surface area contributed by atoms with Crippen molar-refractivity contribution in [3.63, 3.8) is 0 Å². The largest absolute Gasteiger partial charge is 0.426 e. The number of benzene rings is 1.